The predicted octanol–water partition coefficient (Wildman–Crippen LogP) is 4.13. The van der Waals surface area contributed by atoms with Crippen LogP contribution in [-0.2, 0) is 10.0 Å². The SMILES string of the molecule is C[C@@H]1CN([C@H](C)CO)S(=O)(=O)c2ccc(-c3cccc(C(=O)N(C)C)c3)cc2O[C@H]1CN(C)C(=O)Nc1ccc(F)cc1. The van der Waals surface area contributed by atoms with Crippen molar-refractivity contribution in [2.75, 3.05) is 46.2 Å². The molecule has 0 radical (unpaired) electrons. The molecular weight excluding hydrogens is 575 g/mol. The summed E-state index contributed by atoms with van der Waals surface area (Å²) in [6, 6.07) is 16.0. The first-order valence-corrected chi connectivity index (χ1v) is 15.3. The van der Waals surface area contributed by atoms with Crippen LogP contribution in [0.5, 0.6) is 5.75 Å². The number of aliphatic hydroxyl groups is 1. The molecule has 0 aromatic heterocycles. The summed E-state index contributed by atoms with van der Waals surface area (Å²) < 4.78 is 48.6. The molecule has 0 fully saturated rings. The van der Waals surface area contributed by atoms with Crippen molar-refractivity contribution >= 4 is 27.6 Å². The Kier molecular flexibility index (Phi) is 9.73. The van der Waals surface area contributed by atoms with Crippen LogP contribution in [0.1, 0.15) is 24.2 Å². The Balaban J connectivity index is 1.71. The number of aliphatic hydroxyl groups excluding tert-OH is 1. The molecule has 3 amide bonds. The maximum absolute atomic E-state index is 13.8. The van der Waals surface area contributed by atoms with E-state index in [1.54, 1.807) is 58.4 Å². The molecule has 1 heterocycles. The van der Waals surface area contributed by atoms with E-state index in [1.807, 2.05) is 13.0 Å². The Bertz CT molecular complexity index is 1580. The number of carbonyl (C=O) groups is 2. The molecule has 2 N–H and O–H groups in total. The van der Waals surface area contributed by atoms with Crippen LogP contribution < -0.4 is 10.1 Å². The zero-order valence-electron chi connectivity index (χ0n) is 24.8. The number of carbonyl (C=O) groups excluding carboxylic acids is 2. The van der Waals surface area contributed by atoms with Crippen LogP contribution in [0, 0.1) is 11.7 Å². The first kappa shape index (κ1) is 31.9. The van der Waals surface area contributed by atoms with Gasteiger partial charge in [0.2, 0.25) is 10.0 Å². The Morgan fingerprint density at radius 1 is 1.07 bits per heavy atom. The van der Waals surface area contributed by atoms with Gasteiger partial charge in [0.15, 0.2) is 0 Å². The molecule has 4 rings (SSSR count). The third kappa shape index (κ3) is 7.15. The van der Waals surface area contributed by atoms with Crippen LogP contribution in [0.3, 0.4) is 0 Å². The van der Waals surface area contributed by atoms with Gasteiger partial charge in [-0.05, 0) is 66.6 Å². The molecule has 3 atom stereocenters. The number of ether oxygens (including phenoxy) is 1. The molecular formula is C31H37FN4O6S. The number of hydrogen-bond donors (Lipinski definition) is 2. The first-order valence-electron chi connectivity index (χ1n) is 13.8. The second-order valence-corrected chi connectivity index (χ2v) is 12.9. The van der Waals surface area contributed by atoms with E-state index in [0.717, 1.165) is 0 Å². The lowest BCUT2D eigenvalue weighted by molar-refractivity contribution is 0.0827. The fourth-order valence-corrected chi connectivity index (χ4v) is 6.64. The highest BCUT2D eigenvalue weighted by Gasteiger charge is 2.38. The summed E-state index contributed by atoms with van der Waals surface area (Å²) in [6.07, 6.45) is -0.636. The van der Waals surface area contributed by atoms with Crippen LogP contribution in [0.15, 0.2) is 71.6 Å². The van der Waals surface area contributed by atoms with E-state index < -0.39 is 34.0 Å². The summed E-state index contributed by atoms with van der Waals surface area (Å²) in [5.74, 6) is -0.881. The monoisotopic (exact) mass is 612 g/mol. The summed E-state index contributed by atoms with van der Waals surface area (Å²) in [5.41, 5.74) is 2.23. The van der Waals surface area contributed by atoms with Crippen LogP contribution >= 0.6 is 0 Å². The van der Waals surface area contributed by atoms with Crippen LogP contribution in [-0.4, -0.2) is 92.6 Å². The summed E-state index contributed by atoms with van der Waals surface area (Å²) in [6.45, 7) is 3.24. The Morgan fingerprint density at radius 2 is 1.74 bits per heavy atom. The number of likely N-dealkylation sites (N-methyl/N-ethyl adjacent to an activating group) is 1. The van der Waals surface area contributed by atoms with Gasteiger partial charge in [-0.1, -0.05) is 25.1 Å². The van der Waals surface area contributed by atoms with Gasteiger partial charge in [0.25, 0.3) is 5.91 Å². The third-order valence-electron chi connectivity index (χ3n) is 7.41. The Labute approximate surface area is 251 Å². The average Bonchev–Trinajstić information content (AvgIpc) is 2.98. The highest BCUT2D eigenvalue weighted by molar-refractivity contribution is 7.89. The van der Waals surface area contributed by atoms with E-state index >= 15 is 0 Å². The lowest BCUT2D eigenvalue weighted by Gasteiger charge is -2.37. The number of fused-ring (bicyclic) bond motifs is 1. The number of amides is 3. The number of benzene rings is 3. The minimum Gasteiger partial charge on any atom is -0.487 e. The summed E-state index contributed by atoms with van der Waals surface area (Å²) in [7, 11) is 0.846. The zero-order valence-corrected chi connectivity index (χ0v) is 25.6. The Hall–Kier alpha value is -4.00. The molecule has 0 aliphatic carbocycles. The smallest absolute Gasteiger partial charge is 0.321 e. The fourth-order valence-electron chi connectivity index (χ4n) is 4.82. The van der Waals surface area contributed by atoms with E-state index in [-0.39, 0.29) is 42.2 Å². The van der Waals surface area contributed by atoms with Crippen molar-refractivity contribution in [3.8, 4) is 16.9 Å². The molecule has 0 saturated carbocycles. The topological polar surface area (TPSA) is 119 Å². The quantitative estimate of drug-likeness (QED) is 0.414. The normalized spacial score (nSPS) is 18.8. The molecule has 12 heteroatoms. The van der Waals surface area contributed by atoms with Gasteiger partial charge in [-0.15, -0.1) is 0 Å². The lowest BCUT2D eigenvalue weighted by atomic mass is 10.0. The summed E-state index contributed by atoms with van der Waals surface area (Å²) >= 11 is 0. The molecule has 10 nitrogen and oxygen atoms in total. The number of nitrogens with zero attached hydrogens (tertiary/aromatic N) is 3. The number of urea groups is 1. The van der Waals surface area contributed by atoms with E-state index in [2.05, 4.69) is 5.32 Å². The molecule has 0 unspecified atom stereocenters. The van der Waals surface area contributed by atoms with E-state index in [0.29, 0.717) is 22.4 Å². The van der Waals surface area contributed by atoms with Gasteiger partial charge >= 0.3 is 6.03 Å². The molecule has 1 aliphatic heterocycles. The lowest BCUT2D eigenvalue weighted by Crippen LogP contribution is -2.50. The highest BCUT2D eigenvalue weighted by atomic mass is 32.2. The zero-order chi connectivity index (χ0) is 31.5. The second-order valence-electron chi connectivity index (χ2n) is 11.0. The maximum atomic E-state index is 13.8. The van der Waals surface area contributed by atoms with E-state index in [1.165, 1.54) is 44.4 Å². The van der Waals surface area contributed by atoms with Crippen LogP contribution in [0.25, 0.3) is 11.1 Å². The molecule has 0 bridgehead atoms. The molecule has 3 aromatic carbocycles. The largest absolute Gasteiger partial charge is 0.487 e. The van der Waals surface area contributed by atoms with Crippen molar-refractivity contribution in [3.63, 3.8) is 0 Å². The van der Waals surface area contributed by atoms with Crippen molar-refractivity contribution in [1.29, 1.82) is 0 Å². The van der Waals surface area contributed by atoms with Crippen molar-refractivity contribution < 1.29 is 32.2 Å². The van der Waals surface area contributed by atoms with Crippen molar-refractivity contribution in [1.82, 2.24) is 14.1 Å². The number of anilines is 1. The average molecular weight is 613 g/mol. The maximum Gasteiger partial charge on any atom is 0.321 e. The van der Waals surface area contributed by atoms with Crippen LogP contribution in [0.2, 0.25) is 0 Å². The number of nitrogens with one attached hydrogen (secondary N) is 1. The number of sulfonamides is 1. The van der Waals surface area contributed by atoms with Crippen molar-refractivity contribution in [3.05, 3.63) is 78.1 Å². The second kappa shape index (κ2) is 13.1. The highest BCUT2D eigenvalue weighted by Crippen LogP contribution is 2.37. The van der Waals surface area contributed by atoms with Gasteiger partial charge in [0.05, 0.1) is 13.2 Å². The van der Waals surface area contributed by atoms with Crippen molar-refractivity contribution in [2.24, 2.45) is 5.92 Å². The minimum atomic E-state index is -4.07. The first-order chi connectivity index (χ1) is 20.3. The molecule has 1 aliphatic rings. The van der Waals surface area contributed by atoms with Gasteiger partial charge in [-0.2, -0.15) is 4.31 Å². The van der Waals surface area contributed by atoms with Crippen LogP contribution in [0.4, 0.5) is 14.9 Å². The van der Waals surface area contributed by atoms with E-state index in [9.17, 15) is 27.5 Å². The molecule has 0 spiro atoms. The van der Waals surface area contributed by atoms with Gasteiger partial charge < -0.3 is 25.0 Å². The predicted molar refractivity (Wildman–Crippen MR) is 162 cm³/mol. The number of hydrogen-bond acceptors (Lipinski definition) is 6. The summed E-state index contributed by atoms with van der Waals surface area (Å²) in [4.78, 5) is 28.4. The van der Waals surface area contributed by atoms with Gasteiger partial charge in [-0.3, -0.25) is 4.79 Å². The molecule has 230 valence electrons. The van der Waals surface area contributed by atoms with Gasteiger partial charge in [0.1, 0.15) is 22.6 Å². The molecule has 3 aromatic rings. The fraction of sp³-hybridized carbons (Fsp3) is 0.355. The third-order valence-corrected chi connectivity index (χ3v) is 9.43. The standard InChI is InChI=1S/C31H37FN4O6S/c1-20-17-36(21(2)19-37)43(40,41)29-14-9-23(22-7-6-8-24(15-22)30(38)34(3)4)16-27(29)42-28(20)18-35(5)31(39)33-26-12-10-25(32)11-13-26/h6-16,20-21,28,37H,17-19H2,1-5H3,(H,33,39)/t20-,21-,28+/m1/s1. The molecule has 43 heavy (non-hydrogen) atoms. The Morgan fingerprint density at radius 3 is 2.40 bits per heavy atom. The minimum absolute atomic E-state index is 0.0536. The summed E-state index contributed by atoms with van der Waals surface area (Å²) in [5, 5.41) is 12.6. The number of halogens is 1. The van der Waals surface area contributed by atoms with E-state index in [4.69, 9.17) is 4.74 Å². The number of rotatable bonds is 7. The molecule has 0 saturated heterocycles. The van der Waals surface area contributed by atoms with Gasteiger partial charge in [-0.25, -0.2) is 17.6 Å². The van der Waals surface area contributed by atoms with Crippen molar-refractivity contribution in [2.45, 2.75) is 30.9 Å². The van der Waals surface area contributed by atoms with Gasteiger partial charge in [0, 0.05) is 50.9 Å².